The Balaban J connectivity index is 1.57. The van der Waals surface area contributed by atoms with E-state index in [0.29, 0.717) is 17.1 Å². The van der Waals surface area contributed by atoms with Crippen LogP contribution in [0.15, 0.2) is 61.1 Å². The van der Waals surface area contributed by atoms with Gasteiger partial charge in [0.25, 0.3) is 0 Å². The number of anilines is 1. The third-order valence-electron chi connectivity index (χ3n) is 5.50. The molecule has 0 fully saturated rings. The first-order chi connectivity index (χ1) is 15.0. The summed E-state index contributed by atoms with van der Waals surface area (Å²) >= 11 is 0. The molecule has 1 N–H and O–H groups in total. The number of aryl methyl sites for hydroxylation is 2. The van der Waals surface area contributed by atoms with Crippen molar-refractivity contribution >= 4 is 5.82 Å². The van der Waals surface area contributed by atoms with Crippen molar-refractivity contribution in [3.63, 3.8) is 0 Å². The van der Waals surface area contributed by atoms with Gasteiger partial charge in [-0.3, -0.25) is 0 Å². The zero-order valence-corrected chi connectivity index (χ0v) is 18.2. The van der Waals surface area contributed by atoms with Crippen LogP contribution in [-0.2, 0) is 6.61 Å². The second kappa shape index (κ2) is 8.65. The molecule has 0 spiro atoms. The largest absolute Gasteiger partial charge is 0.390 e. The summed E-state index contributed by atoms with van der Waals surface area (Å²) in [6.07, 6.45) is 3.61. The van der Waals surface area contributed by atoms with Gasteiger partial charge in [-0.25, -0.2) is 9.97 Å². The lowest BCUT2D eigenvalue weighted by Crippen LogP contribution is -2.23. The van der Waals surface area contributed by atoms with E-state index >= 15 is 0 Å². The molecule has 0 aliphatic carbocycles. The molecule has 0 aliphatic heterocycles. The van der Waals surface area contributed by atoms with Gasteiger partial charge in [0.05, 0.1) is 41.7 Å². The molecule has 0 amide bonds. The second-order valence-electron chi connectivity index (χ2n) is 7.72. The number of benzene rings is 1. The van der Waals surface area contributed by atoms with Gasteiger partial charge in [-0.1, -0.05) is 29.8 Å². The number of hydrogen-bond acceptors (Lipinski definition) is 6. The summed E-state index contributed by atoms with van der Waals surface area (Å²) < 4.78 is 1.86. The summed E-state index contributed by atoms with van der Waals surface area (Å²) in [4.78, 5) is 10.9. The number of aliphatic hydroxyl groups is 1. The fraction of sp³-hybridized carbons (Fsp3) is 0.250. The van der Waals surface area contributed by atoms with E-state index in [1.165, 1.54) is 11.1 Å². The lowest BCUT2D eigenvalue weighted by atomic mass is 10.1. The normalized spacial score (nSPS) is 12.0. The van der Waals surface area contributed by atoms with E-state index < -0.39 is 0 Å². The number of aromatic nitrogens is 5. The van der Waals surface area contributed by atoms with Gasteiger partial charge in [0.2, 0.25) is 0 Å². The summed E-state index contributed by atoms with van der Waals surface area (Å²) in [5, 5.41) is 18.6. The molecule has 0 bridgehead atoms. The van der Waals surface area contributed by atoms with Gasteiger partial charge in [-0.2, -0.15) is 0 Å². The van der Waals surface area contributed by atoms with Crippen molar-refractivity contribution in [2.24, 2.45) is 0 Å². The number of rotatable bonds is 6. The van der Waals surface area contributed by atoms with Crippen molar-refractivity contribution in [1.82, 2.24) is 24.7 Å². The quantitative estimate of drug-likeness (QED) is 0.513. The van der Waals surface area contributed by atoms with Gasteiger partial charge in [0.15, 0.2) is 5.82 Å². The Hall–Kier alpha value is -3.58. The third kappa shape index (κ3) is 4.32. The van der Waals surface area contributed by atoms with Crippen molar-refractivity contribution in [1.29, 1.82) is 0 Å². The minimum absolute atomic E-state index is 0.165. The van der Waals surface area contributed by atoms with Crippen molar-refractivity contribution < 1.29 is 5.11 Å². The summed E-state index contributed by atoms with van der Waals surface area (Å²) in [5.74, 6) is 0.782. The first-order valence-corrected chi connectivity index (χ1v) is 10.2. The van der Waals surface area contributed by atoms with Crippen LogP contribution in [0.4, 0.5) is 5.82 Å². The Bertz CT molecular complexity index is 1170. The number of imidazole rings is 1. The summed E-state index contributed by atoms with van der Waals surface area (Å²) in [6.45, 7) is 5.97. The zero-order chi connectivity index (χ0) is 22.0. The summed E-state index contributed by atoms with van der Waals surface area (Å²) in [6, 6.07) is 16.3. The molecule has 31 heavy (non-hydrogen) atoms. The van der Waals surface area contributed by atoms with Crippen LogP contribution in [0.1, 0.15) is 35.5 Å². The van der Waals surface area contributed by atoms with Crippen LogP contribution in [0.3, 0.4) is 0 Å². The van der Waals surface area contributed by atoms with Crippen LogP contribution in [-0.4, -0.2) is 36.9 Å². The van der Waals surface area contributed by atoms with Crippen LogP contribution in [0.25, 0.3) is 17.1 Å². The topological polar surface area (TPSA) is 80.0 Å². The van der Waals surface area contributed by atoms with Crippen molar-refractivity contribution in [2.75, 3.05) is 11.9 Å². The molecule has 0 aliphatic rings. The highest BCUT2D eigenvalue weighted by atomic mass is 16.3. The minimum atomic E-state index is -0.178. The standard InChI is InChI=1S/C24H26N6O/c1-16-5-7-19(8-6-16)18(3)29(4)24-12-10-21(27-28-24)20-9-11-23(22(14-31)26-20)30-13-17(2)25-15-30/h5-13,15,18,31H,14H2,1-4H3/t18-/m0/s1. The van der Waals surface area contributed by atoms with Gasteiger partial charge in [0.1, 0.15) is 5.69 Å². The van der Waals surface area contributed by atoms with Crippen molar-refractivity contribution in [2.45, 2.75) is 33.4 Å². The molecule has 3 aromatic heterocycles. The Kier molecular flexibility index (Phi) is 5.77. The number of aliphatic hydroxyl groups excluding tert-OH is 1. The highest BCUT2D eigenvalue weighted by Gasteiger charge is 2.15. The molecule has 1 atom stereocenters. The van der Waals surface area contributed by atoms with E-state index in [1.807, 2.05) is 49.0 Å². The predicted molar refractivity (Wildman–Crippen MR) is 121 cm³/mol. The van der Waals surface area contributed by atoms with E-state index in [-0.39, 0.29) is 12.6 Å². The van der Waals surface area contributed by atoms with Gasteiger partial charge >= 0.3 is 0 Å². The summed E-state index contributed by atoms with van der Waals surface area (Å²) in [5.41, 5.74) is 6.04. The maximum Gasteiger partial charge on any atom is 0.151 e. The molecule has 0 saturated carbocycles. The Labute approximate surface area is 182 Å². The highest BCUT2D eigenvalue weighted by Crippen LogP contribution is 2.25. The van der Waals surface area contributed by atoms with Gasteiger partial charge < -0.3 is 14.6 Å². The second-order valence-corrected chi connectivity index (χ2v) is 7.72. The molecule has 7 nitrogen and oxygen atoms in total. The molecule has 0 unspecified atom stereocenters. The van der Waals surface area contributed by atoms with E-state index in [1.54, 1.807) is 6.33 Å². The molecule has 0 radical (unpaired) electrons. The van der Waals surface area contributed by atoms with Crippen molar-refractivity contribution in [3.05, 3.63) is 83.6 Å². The maximum atomic E-state index is 9.82. The van der Waals surface area contributed by atoms with Gasteiger partial charge in [-0.05, 0) is 50.6 Å². The lowest BCUT2D eigenvalue weighted by Gasteiger charge is -2.26. The molecular weight excluding hydrogens is 388 g/mol. The van der Waals surface area contributed by atoms with Gasteiger partial charge in [-0.15, -0.1) is 10.2 Å². The van der Waals surface area contributed by atoms with E-state index in [4.69, 9.17) is 0 Å². The fourth-order valence-electron chi connectivity index (χ4n) is 3.46. The fourth-order valence-corrected chi connectivity index (χ4v) is 3.46. The van der Waals surface area contributed by atoms with Crippen LogP contribution >= 0.6 is 0 Å². The number of nitrogens with zero attached hydrogens (tertiary/aromatic N) is 6. The number of pyridine rings is 1. The maximum absolute atomic E-state index is 9.82. The minimum Gasteiger partial charge on any atom is -0.390 e. The van der Waals surface area contributed by atoms with Crippen LogP contribution < -0.4 is 4.90 Å². The van der Waals surface area contributed by atoms with Crippen LogP contribution in [0.2, 0.25) is 0 Å². The lowest BCUT2D eigenvalue weighted by molar-refractivity contribution is 0.276. The summed E-state index contributed by atoms with van der Waals surface area (Å²) in [7, 11) is 2.01. The average molecular weight is 415 g/mol. The highest BCUT2D eigenvalue weighted by molar-refractivity contribution is 5.58. The monoisotopic (exact) mass is 414 g/mol. The third-order valence-corrected chi connectivity index (χ3v) is 5.50. The molecule has 0 saturated heterocycles. The van der Waals surface area contributed by atoms with Crippen molar-refractivity contribution in [3.8, 4) is 17.1 Å². The average Bonchev–Trinajstić information content (AvgIpc) is 3.24. The molecular formula is C24H26N6O. The Morgan fingerprint density at radius 1 is 0.968 bits per heavy atom. The first kappa shape index (κ1) is 20.7. The van der Waals surface area contributed by atoms with Crippen LogP contribution in [0, 0.1) is 13.8 Å². The number of hydrogen-bond donors (Lipinski definition) is 1. The molecule has 4 rings (SSSR count). The SMILES string of the molecule is Cc1ccc([C@H](C)N(C)c2ccc(-c3ccc(-n4cnc(C)c4)c(CO)n3)nn2)cc1. The Morgan fingerprint density at radius 2 is 1.71 bits per heavy atom. The van der Waals surface area contributed by atoms with Gasteiger partial charge in [0, 0.05) is 13.2 Å². The van der Waals surface area contributed by atoms with E-state index in [0.717, 1.165) is 17.2 Å². The molecule has 1 aromatic carbocycles. The smallest absolute Gasteiger partial charge is 0.151 e. The van der Waals surface area contributed by atoms with E-state index in [2.05, 4.69) is 63.2 Å². The molecule has 7 heteroatoms. The molecule has 4 aromatic rings. The zero-order valence-electron chi connectivity index (χ0n) is 18.2. The van der Waals surface area contributed by atoms with Crippen LogP contribution in [0.5, 0.6) is 0 Å². The Morgan fingerprint density at radius 3 is 2.32 bits per heavy atom. The van der Waals surface area contributed by atoms with E-state index in [9.17, 15) is 5.11 Å². The molecule has 3 heterocycles. The first-order valence-electron chi connectivity index (χ1n) is 10.2. The molecule has 158 valence electrons. The predicted octanol–water partition coefficient (Wildman–Crippen LogP) is 4.03.